The molecule has 3 rings (SSSR count). The second-order valence-electron chi connectivity index (χ2n) is 5.32. The van der Waals surface area contributed by atoms with Crippen LogP contribution in [0, 0.1) is 4.91 Å². The number of aromatic nitrogens is 2. The summed E-state index contributed by atoms with van der Waals surface area (Å²) in [5.41, 5.74) is 3.90. The number of hydrogen-bond donors (Lipinski definition) is 1. The average molecular weight is 320 g/mol. The van der Waals surface area contributed by atoms with Gasteiger partial charge in [0.1, 0.15) is 0 Å². The van der Waals surface area contributed by atoms with Crippen LogP contribution in [0.3, 0.4) is 0 Å². The molecule has 0 saturated heterocycles. The van der Waals surface area contributed by atoms with Gasteiger partial charge in [0.05, 0.1) is 12.7 Å². The van der Waals surface area contributed by atoms with E-state index in [1.54, 1.807) is 12.1 Å². The van der Waals surface area contributed by atoms with Crippen molar-refractivity contribution in [1.29, 1.82) is 0 Å². The van der Waals surface area contributed by atoms with Gasteiger partial charge in [-0.3, -0.25) is 9.48 Å². The van der Waals surface area contributed by atoms with Crippen molar-refractivity contribution in [1.82, 2.24) is 9.78 Å². The normalized spacial score (nSPS) is 10.3. The first-order valence-electron chi connectivity index (χ1n) is 7.50. The number of amides is 1. The molecule has 0 aliphatic heterocycles. The fourth-order valence-corrected chi connectivity index (χ4v) is 2.37. The van der Waals surface area contributed by atoms with Crippen LogP contribution in [0.1, 0.15) is 5.56 Å². The molecule has 2 aromatic carbocycles. The maximum atomic E-state index is 11.3. The molecule has 0 saturated carbocycles. The van der Waals surface area contributed by atoms with E-state index < -0.39 is 5.91 Å². The molecule has 0 aliphatic rings. The topological polar surface area (TPSA) is 76.3 Å². The Labute approximate surface area is 139 Å². The van der Waals surface area contributed by atoms with Crippen molar-refractivity contribution in [3.05, 3.63) is 77.5 Å². The van der Waals surface area contributed by atoms with Crippen LogP contribution in [0.2, 0.25) is 0 Å². The van der Waals surface area contributed by atoms with Crippen molar-refractivity contribution in [3.8, 4) is 11.1 Å². The second-order valence-corrected chi connectivity index (χ2v) is 5.32. The zero-order valence-electron chi connectivity index (χ0n) is 12.9. The zero-order chi connectivity index (χ0) is 16.8. The summed E-state index contributed by atoms with van der Waals surface area (Å²) in [6.45, 7) is 0.258. The minimum Gasteiger partial charge on any atom is -0.324 e. The first-order chi connectivity index (χ1) is 11.7. The third kappa shape index (κ3) is 3.92. The summed E-state index contributed by atoms with van der Waals surface area (Å²) in [6, 6.07) is 17.5. The maximum absolute atomic E-state index is 11.3. The molecule has 120 valence electrons. The number of rotatable bonds is 6. The molecular weight excluding hydrogens is 304 g/mol. The predicted octanol–water partition coefficient (Wildman–Crippen LogP) is 3.30. The highest BCUT2D eigenvalue weighted by atomic mass is 16.3. The summed E-state index contributed by atoms with van der Waals surface area (Å²) in [4.78, 5) is 21.4. The largest absolute Gasteiger partial charge is 0.324 e. The van der Waals surface area contributed by atoms with Crippen LogP contribution in [0.15, 0.2) is 72.2 Å². The quantitative estimate of drug-likeness (QED) is 0.708. The molecule has 0 spiro atoms. The van der Waals surface area contributed by atoms with Crippen molar-refractivity contribution in [2.45, 2.75) is 6.54 Å². The molecule has 0 aliphatic carbocycles. The van der Waals surface area contributed by atoms with Gasteiger partial charge in [-0.05, 0) is 23.3 Å². The Morgan fingerprint density at radius 3 is 2.50 bits per heavy atom. The molecule has 3 aromatic rings. The summed E-state index contributed by atoms with van der Waals surface area (Å²) < 4.78 is 1.87. The van der Waals surface area contributed by atoms with Crippen LogP contribution in [0.25, 0.3) is 11.1 Å². The Bertz CT molecular complexity index is 826. The molecule has 1 N–H and O–H groups in total. The molecule has 6 nitrogen and oxygen atoms in total. The minimum absolute atomic E-state index is 0.378. The number of nitroso groups, excluding NO2 is 1. The monoisotopic (exact) mass is 320 g/mol. The highest BCUT2D eigenvalue weighted by Crippen LogP contribution is 2.18. The predicted molar refractivity (Wildman–Crippen MR) is 92.5 cm³/mol. The van der Waals surface area contributed by atoms with Crippen molar-refractivity contribution in [2.24, 2.45) is 5.18 Å². The van der Waals surface area contributed by atoms with Gasteiger partial charge in [-0.2, -0.15) is 10.0 Å². The van der Waals surface area contributed by atoms with E-state index >= 15 is 0 Å². The number of carbonyl (C=O) groups is 1. The first-order valence-corrected chi connectivity index (χ1v) is 7.50. The van der Waals surface area contributed by atoms with Crippen LogP contribution in [0.4, 0.5) is 5.69 Å². The molecule has 24 heavy (non-hydrogen) atoms. The van der Waals surface area contributed by atoms with Crippen LogP contribution >= 0.6 is 0 Å². The van der Waals surface area contributed by atoms with Gasteiger partial charge < -0.3 is 5.32 Å². The van der Waals surface area contributed by atoms with E-state index in [2.05, 4.69) is 15.6 Å². The van der Waals surface area contributed by atoms with E-state index in [0.29, 0.717) is 12.2 Å². The molecule has 6 heteroatoms. The van der Waals surface area contributed by atoms with Crippen LogP contribution in [-0.4, -0.2) is 22.2 Å². The fraction of sp³-hybridized carbons (Fsp3) is 0.111. The van der Waals surface area contributed by atoms with Crippen LogP contribution in [-0.2, 0) is 11.3 Å². The molecule has 1 amide bonds. The smallest absolute Gasteiger partial charge is 0.249 e. The number of nitrogens with zero attached hydrogens (tertiary/aromatic N) is 3. The van der Waals surface area contributed by atoms with Gasteiger partial charge in [0.2, 0.25) is 5.91 Å². The van der Waals surface area contributed by atoms with Gasteiger partial charge in [0.25, 0.3) is 0 Å². The zero-order valence-corrected chi connectivity index (χ0v) is 12.9. The van der Waals surface area contributed by atoms with E-state index in [1.807, 2.05) is 59.5 Å². The number of benzene rings is 2. The lowest BCUT2D eigenvalue weighted by molar-refractivity contribution is -0.114. The third-order valence-corrected chi connectivity index (χ3v) is 3.53. The highest BCUT2D eigenvalue weighted by molar-refractivity contribution is 5.92. The molecule has 0 radical (unpaired) electrons. The van der Waals surface area contributed by atoms with Gasteiger partial charge in [0, 0.05) is 17.4 Å². The van der Waals surface area contributed by atoms with Crippen molar-refractivity contribution in [2.75, 3.05) is 11.9 Å². The van der Waals surface area contributed by atoms with Crippen molar-refractivity contribution in [3.63, 3.8) is 0 Å². The van der Waals surface area contributed by atoms with Gasteiger partial charge in [-0.1, -0.05) is 47.6 Å². The standard InChI is InChI=1S/C18H16N4O2/c23-18(11-20-24)21-17-8-6-14(7-9-17)12-22-13-16(10-19-22)15-4-2-1-3-5-15/h1-10,13H,11-12H2,(H,21,23). The van der Waals surface area contributed by atoms with E-state index in [1.165, 1.54) is 0 Å². The molecular formula is C18H16N4O2. The fourth-order valence-electron chi connectivity index (χ4n) is 2.37. The Hall–Kier alpha value is -3.28. The Balaban J connectivity index is 1.65. The number of anilines is 1. The Morgan fingerprint density at radius 2 is 1.79 bits per heavy atom. The number of hydrogen-bond acceptors (Lipinski definition) is 4. The summed E-state index contributed by atoms with van der Waals surface area (Å²) in [5.74, 6) is -0.419. The lowest BCUT2D eigenvalue weighted by atomic mass is 10.1. The Morgan fingerprint density at radius 1 is 1.04 bits per heavy atom. The van der Waals surface area contributed by atoms with E-state index in [4.69, 9.17) is 0 Å². The summed E-state index contributed by atoms with van der Waals surface area (Å²) >= 11 is 0. The number of nitrogens with one attached hydrogen (secondary N) is 1. The summed E-state index contributed by atoms with van der Waals surface area (Å²) in [6.07, 6.45) is 3.84. The lowest BCUT2D eigenvalue weighted by Gasteiger charge is -2.05. The molecule has 0 unspecified atom stereocenters. The maximum Gasteiger partial charge on any atom is 0.249 e. The van der Waals surface area contributed by atoms with Gasteiger partial charge in [0.15, 0.2) is 6.54 Å². The van der Waals surface area contributed by atoms with Gasteiger partial charge in [-0.25, -0.2) is 0 Å². The second kappa shape index (κ2) is 7.32. The third-order valence-electron chi connectivity index (χ3n) is 3.53. The van der Waals surface area contributed by atoms with Crippen molar-refractivity contribution >= 4 is 11.6 Å². The molecule has 0 bridgehead atoms. The number of carbonyl (C=O) groups excluding carboxylic acids is 1. The van der Waals surface area contributed by atoms with Crippen LogP contribution in [0.5, 0.6) is 0 Å². The SMILES string of the molecule is O=NCC(=O)Nc1ccc(Cn2cc(-c3ccccc3)cn2)cc1. The molecule has 0 fully saturated rings. The molecule has 1 heterocycles. The van der Waals surface area contributed by atoms with Crippen LogP contribution < -0.4 is 5.32 Å². The van der Waals surface area contributed by atoms with Gasteiger partial charge in [-0.15, -0.1) is 0 Å². The van der Waals surface area contributed by atoms with E-state index in [9.17, 15) is 9.70 Å². The highest BCUT2D eigenvalue weighted by Gasteiger charge is 2.04. The van der Waals surface area contributed by atoms with Gasteiger partial charge >= 0.3 is 0 Å². The summed E-state index contributed by atoms with van der Waals surface area (Å²) in [7, 11) is 0. The average Bonchev–Trinajstić information content (AvgIpc) is 3.06. The lowest BCUT2D eigenvalue weighted by Crippen LogP contribution is -2.14. The minimum atomic E-state index is -0.419. The Kier molecular flexibility index (Phi) is 4.76. The summed E-state index contributed by atoms with van der Waals surface area (Å²) in [5, 5.41) is 9.55. The van der Waals surface area contributed by atoms with E-state index in [0.717, 1.165) is 16.7 Å². The first kappa shape index (κ1) is 15.6. The van der Waals surface area contributed by atoms with Crippen molar-refractivity contribution < 1.29 is 4.79 Å². The van der Waals surface area contributed by atoms with E-state index in [-0.39, 0.29) is 6.54 Å². The molecule has 0 atom stereocenters. The molecule has 1 aromatic heterocycles.